The minimum absolute atomic E-state index is 0.354. The van der Waals surface area contributed by atoms with Crippen molar-refractivity contribution in [1.29, 1.82) is 0 Å². The molecule has 3 nitrogen and oxygen atoms in total. The molecule has 1 fully saturated rings. The van der Waals surface area contributed by atoms with Crippen LogP contribution in [0, 0.1) is 11.3 Å². The number of ether oxygens (including phenoxy) is 1. The van der Waals surface area contributed by atoms with Crippen LogP contribution in [0.15, 0.2) is 0 Å². The van der Waals surface area contributed by atoms with E-state index in [1.807, 2.05) is 0 Å². The van der Waals surface area contributed by atoms with Crippen molar-refractivity contribution < 1.29 is 4.74 Å². The fraction of sp³-hybridized carbons (Fsp3) is 1.00. The first-order valence-electron chi connectivity index (χ1n) is 6.88. The van der Waals surface area contributed by atoms with Crippen molar-refractivity contribution >= 4 is 0 Å². The molecule has 0 aromatic heterocycles. The van der Waals surface area contributed by atoms with Crippen LogP contribution in [0.3, 0.4) is 0 Å². The van der Waals surface area contributed by atoms with Crippen molar-refractivity contribution in [2.75, 3.05) is 26.2 Å². The topological polar surface area (TPSA) is 38.5 Å². The Labute approximate surface area is 107 Å². The first kappa shape index (κ1) is 14.9. The van der Waals surface area contributed by atoms with E-state index in [4.69, 9.17) is 10.5 Å². The molecule has 1 heterocycles. The van der Waals surface area contributed by atoms with Crippen molar-refractivity contribution in [3.05, 3.63) is 0 Å². The van der Waals surface area contributed by atoms with Crippen molar-refractivity contribution in [2.45, 2.75) is 53.2 Å². The Morgan fingerprint density at radius 3 is 2.18 bits per heavy atom. The fourth-order valence-corrected chi connectivity index (χ4v) is 2.89. The predicted molar refractivity (Wildman–Crippen MR) is 73.1 cm³/mol. The normalized spacial score (nSPS) is 29.3. The summed E-state index contributed by atoms with van der Waals surface area (Å²) >= 11 is 0. The Balaban J connectivity index is 2.44. The maximum absolute atomic E-state index is 5.91. The summed E-state index contributed by atoms with van der Waals surface area (Å²) in [4.78, 5) is 2.52. The zero-order valence-electron chi connectivity index (χ0n) is 12.2. The van der Waals surface area contributed by atoms with E-state index in [1.54, 1.807) is 0 Å². The van der Waals surface area contributed by atoms with Gasteiger partial charge < -0.3 is 10.5 Å². The molecule has 3 heteroatoms. The summed E-state index contributed by atoms with van der Waals surface area (Å²) in [6.07, 6.45) is 1.91. The minimum Gasteiger partial charge on any atom is -0.373 e. The Hall–Kier alpha value is -0.120. The lowest BCUT2D eigenvalue weighted by Crippen LogP contribution is -2.48. The van der Waals surface area contributed by atoms with Crippen LogP contribution in [0.25, 0.3) is 0 Å². The van der Waals surface area contributed by atoms with Crippen LogP contribution < -0.4 is 5.73 Å². The van der Waals surface area contributed by atoms with Gasteiger partial charge in [-0.3, -0.25) is 4.90 Å². The van der Waals surface area contributed by atoms with Gasteiger partial charge >= 0.3 is 0 Å². The third-order valence-electron chi connectivity index (χ3n) is 3.25. The first-order valence-corrected chi connectivity index (χ1v) is 6.88. The molecule has 2 N–H and O–H groups in total. The molecular weight excluding hydrogens is 212 g/mol. The van der Waals surface area contributed by atoms with Crippen molar-refractivity contribution in [2.24, 2.45) is 17.1 Å². The van der Waals surface area contributed by atoms with Crippen molar-refractivity contribution in [3.8, 4) is 0 Å². The molecule has 0 aliphatic carbocycles. The Morgan fingerprint density at radius 1 is 1.24 bits per heavy atom. The van der Waals surface area contributed by atoms with Gasteiger partial charge in [0.05, 0.1) is 12.2 Å². The van der Waals surface area contributed by atoms with Gasteiger partial charge in [-0.2, -0.15) is 0 Å². The fourth-order valence-electron chi connectivity index (χ4n) is 2.89. The van der Waals surface area contributed by atoms with Crippen LogP contribution in [0.4, 0.5) is 0 Å². The van der Waals surface area contributed by atoms with E-state index in [0.717, 1.165) is 26.2 Å². The van der Waals surface area contributed by atoms with Crippen LogP contribution in [0.2, 0.25) is 0 Å². The molecule has 1 saturated heterocycles. The maximum Gasteiger partial charge on any atom is 0.0678 e. The molecule has 0 aromatic carbocycles. The largest absolute Gasteiger partial charge is 0.373 e. The second-order valence-electron chi connectivity index (χ2n) is 6.84. The molecule has 1 rings (SSSR count). The van der Waals surface area contributed by atoms with E-state index in [0.29, 0.717) is 23.5 Å². The third-order valence-corrected chi connectivity index (χ3v) is 3.25. The number of morpholine rings is 1. The van der Waals surface area contributed by atoms with E-state index in [-0.39, 0.29) is 0 Å². The summed E-state index contributed by atoms with van der Waals surface area (Å²) in [5.74, 6) is 0.604. The molecule has 1 unspecified atom stereocenters. The van der Waals surface area contributed by atoms with Gasteiger partial charge in [-0.1, -0.05) is 20.8 Å². The molecular formula is C14H30N2O. The van der Waals surface area contributed by atoms with Gasteiger partial charge in [0.15, 0.2) is 0 Å². The van der Waals surface area contributed by atoms with E-state index in [1.165, 1.54) is 6.42 Å². The number of nitrogens with two attached hydrogens (primary N) is 1. The number of hydrogen-bond donors (Lipinski definition) is 1. The van der Waals surface area contributed by atoms with Crippen LogP contribution in [0.5, 0.6) is 0 Å². The highest BCUT2D eigenvalue weighted by Gasteiger charge is 2.25. The van der Waals surface area contributed by atoms with Crippen LogP contribution >= 0.6 is 0 Å². The van der Waals surface area contributed by atoms with Gasteiger partial charge in [-0.05, 0) is 38.1 Å². The summed E-state index contributed by atoms with van der Waals surface area (Å²) in [6.45, 7) is 15.2. The second kappa shape index (κ2) is 6.17. The lowest BCUT2D eigenvalue weighted by Gasteiger charge is -2.38. The number of nitrogens with zero attached hydrogens (tertiary/aromatic N) is 1. The Morgan fingerprint density at radius 2 is 1.76 bits per heavy atom. The summed E-state index contributed by atoms with van der Waals surface area (Å²) in [7, 11) is 0. The predicted octanol–water partition coefficient (Wildman–Crippen LogP) is 2.11. The molecule has 0 spiro atoms. The molecule has 0 radical (unpaired) electrons. The summed E-state index contributed by atoms with van der Waals surface area (Å²) in [5, 5.41) is 0. The Kier molecular flexibility index (Phi) is 5.42. The zero-order chi connectivity index (χ0) is 13.1. The van der Waals surface area contributed by atoms with E-state index in [2.05, 4.69) is 39.5 Å². The highest BCUT2D eigenvalue weighted by atomic mass is 16.5. The third kappa shape index (κ3) is 5.84. The average molecular weight is 242 g/mol. The molecule has 17 heavy (non-hydrogen) atoms. The molecule has 0 amide bonds. The highest BCUT2D eigenvalue weighted by Crippen LogP contribution is 2.25. The van der Waals surface area contributed by atoms with Crippen LogP contribution in [-0.2, 0) is 4.74 Å². The lowest BCUT2D eigenvalue weighted by molar-refractivity contribution is -0.0721. The molecule has 0 saturated carbocycles. The van der Waals surface area contributed by atoms with Crippen molar-refractivity contribution in [3.63, 3.8) is 0 Å². The van der Waals surface area contributed by atoms with Gasteiger partial charge in [0.2, 0.25) is 0 Å². The number of rotatable bonds is 4. The summed E-state index contributed by atoms with van der Waals surface area (Å²) in [5.41, 5.74) is 6.28. The van der Waals surface area contributed by atoms with Crippen molar-refractivity contribution in [1.82, 2.24) is 4.90 Å². The maximum atomic E-state index is 5.91. The Bertz CT molecular complexity index is 215. The highest BCUT2D eigenvalue weighted by molar-refractivity contribution is 4.78. The standard InChI is InChI=1S/C14H30N2O/c1-11-8-16(9-12(2)17-11)10-13(7-15)6-14(3,4)5/h11-13H,6-10,15H2,1-5H3/t11-,12+,13?. The molecule has 102 valence electrons. The number of hydrogen-bond acceptors (Lipinski definition) is 3. The first-order chi connectivity index (χ1) is 7.80. The van der Waals surface area contributed by atoms with Crippen LogP contribution in [0.1, 0.15) is 41.0 Å². The SMILES string of the molecule is C[C@@H]1CN(CC(CN)CC(C)(C)C)C[C@H](C)O1. The molecule has 1 aliphatic heterocycles. The minimum atomic E-state index is 0.354. The second-order valence-corrected chi connectivity index (χ2v) is 6.84. The van der Waals surface area contributed by atoms with Gasteiger partial charge in [-0.15, -0.1) is 0 Å². The van der Waals surface area contributed by atoms with E-state index in [9.17, 15) is 0 Å². The van der Waals surface area contributed by atoms with Gasteiger partial charge in [-0.25, -0.2) is 0 Å². The quantitative estimate of drug-likeness (QED) is 0.820. The molecule has 1 aliphatic rings. The molecule has 0 bridgehead atoms. The molecule has 0 aromatic rings. The van der Waals surface area contributed by atoms with Gasteiger partial charge in [0.1, 0.15) is 0 Å². The summed E-state index contributed by atoms with van der Waals surface area (Å²) < 4.78 is 5.76. The lowest BCUT2D eigenvalue weighted by atomic mass is 9.84. The smallest absolute Gasteiger partial charge is 0.0678 e. The molecule has 3 atom stereocenters. The van der Waals surface area contributed by atoms with Crippen LogP contribution in [-0.4, -0.2) is 43.3 Å². The van der Waals surface area contributed by atoms with E-state index >= 15 is 0 Å². The summed E-state index contributed by atoms with van der Waals surface area (Å²) in [6, 6.07) is 0. The van der Waals surface area contributed by atoms with E-state index < -0.39 is 0 Å². The van der Waals surface area contributed by atoms with Gasteiger partial charge in [0.25, 0.3) is 0 Å². The van der Waals surface area contributed by atoms with Gasteiger partial charge in [0, 0.05) is 19.6 Å². The average Bonchev–Trinajstić information content (AvgIpc) is 2.12. The zero-order valence-corrected chi connectivity index (χ0v) is 12.2. The monoisotopic (exact) mass is 242 g/mol.